The maximum Gasteiger partial charge on any atom is 0.269 e. The number of nitrogens with one attached hydrogen (secondary N) is 2. The second-order valence-electron chi connectivity index (χ2n) is 4.56. The van der Waals surface area contributed by atoms with E-state index in [9.17, 15) is 19.7 Å². The van der Waals surface area contributed by atoms with Gasteiger partial charge in [0, 0.05) is 43.2 Å². The van der Waals surface area contributed by atoms with Crippen molar-refractivity contribution in [3.05, 3.63) is 70.0 Å². The number of hydrogen-bond acceptors (Lipinski definition) is 5. The number of nitro benzene ring substituents is 1. The molecule has 1 aromatic carbocycles. The number of non-ortho nitro benzene ring substituents is 1. The van der Waals surface area contributed by atoms with Gasteiger partial charge in [-0.25, -0.2) is 0 Å². The van der Waals surface area contributed by atoms with Crippen LogP contribution in [0.2, 0.25) is 0 Å². The first-order chi connectivity index (χ1) is 11.1. The highest BCUT2D eigenvalue weighted by Crippen LogP contribution is 2.11. The second kappa shape index (κ2) is 7.64. The largest absolute Gasteiger partial charge is 0.350 e. The Balaban J connectivity index is 1.76. The van der Waals surface area contributed by atoms with Gasteiger partial charge in [0.15, 0.2) is 0 Å². The van der Waals surface area contributed by atoms with Crippen LogP contribution in [0, 0.1) is 10.1 Å². The summed E-state index contributed by atoms with van der Waals surface area (Å²) in [7, 11) is 0. The van der Waals surface area contributed by atoms with E-state index in [1.54, 1.807) is 18.3 Å². The number of aromatic nitrogens is 1. The molecule has 23 heavy (non-hydrogen) atoms. The van der Waals surface area contributed by atoms with E-state index < -0.39 is 4.92 Å². The minimum atomic E-state index is -0.532. The fraction of sp³-hybridized carbons (Fsp3) is 0.133. The molecule has 0 saturated carbocycles. The first-order valence-corrected chi connectivity index (χ1v) is 6.79. The first-order valence-electron chi connectivity index (χ1n) is 6.79. The molecule has 0 atom stereocenters. The van der Waals surface area contributed by atoms with Gasteiger partial charge in [-0.1, -0.05) is 0 Å². The molecule has 0 aliphatic heterocycles. The molecule has 0 radical (unpaired) electrons. The lowest BCUT2D eigenvalue weighted by Gasteiger charge is -2.07. The molecule has 0 aliphatic carbocycles. The molecule has 8 heteroatoms. The zero-order valence-corrected chi connectivity index (χ0v) is 12.1. The third-order valence-electron chi connectivity index (χ3n) is 2.96. The molecule has 2 aromatic rings. The van der Waals surface area contributed by atoms with Gasteiger partial charge in [0.25, 0.3) is 17.5 Å². The van der Waals surface area contributed by atoms with Crippen LogP contribution in [0.3, 0.4) is 0 Å². The van der Waals surface area contributed by atoms with Crippen LogP contribution >= 0.6 is 0 Å². The highest BCUT2D eigenvalue weighted by molar-refractivity contribution is 5.95. The van der Waals surface area contributed by atoms with Crippen LogP contribution in [0.15, 0.2) is 48.8 Å². The molecule has 0 bridgehead atoms. The fourth-order valence-corrected chi connectivity index (χ4v) is 1.79. The SMILES string of the molecule is O=C(NCCNC(=O)c1cccnc1)c1ccc([N+](=O)[O-])cc1. The summed E-state index contributed by atoms with van der Waals surface area (Å²) < 4.78 is 0. The highest BCUT2D eigenvalue weighted by atomic mass is 16.6. The maximum absolute atomic E-state index is 11.8. The third-order valence-corrected chi connectivity index (χ3v) is 2.96. The Hall–Kier alpha value is -3.29. The van der Waals surface area contributed by atoms with Crippen LogP contribution in [-0.2, 0) is 0 Å². The van der Waals surface area contributed by atoms with Gasteiger partial charge in [-0.15, -0.1) is 0 Å². The van der Waals surface area contributed by atoms with Crippen molar-refractivity contribution in [1.82, 2.24) is 15.6 Å². The minimum Gasteiger partial charge on any atom is -0.350 e. The summed E-state index contributed by atoms with van der Waals surface area (Å²) in [6, 6.07) is 8.57. The van der Waals surface area contributed by atoms with Crippen LogP contribution in [0.4, 0.5) is 5.69 Å². The molecule has 0 aliphatic rings. The van der Waals surface area contributed by atoms with Crippen molar-refractivity contribution in [3.8, 4) is 0 Å². The summed E-state index contributed by atoms with van der Waals surface area (Å²) in [5.41, 5.74) is 0.675. The van der Waals surface area contributed by atoms with Crippen LogP contribution in [-0.4, -0.2) is 34.8 Å². The first kappa shape index (κ1) is 16.1. The number of amides is 2. The van der Waals surface area contributed by atoms with E-state index in [0.29, 0.717) is 11.1 Å². The molecular weight excluding hydrogens is 300 g/mol. The van der Waals surface area contributed by atoms with Gasteiger partial charge in [-0.3, -0.25) is 24.7 Å². The lowest BCUT2D eigenvalue weighted by Crippen LogP contribution is -2.34. The number of hydrogen-bond donors (Lipinski definition) is 2. The maximum atomic E-state index is 11.8. The molecule has 0 unspecified atom stereocenters. The number of carbonyl (C=O) groups is 2. The fourth-order valence-electron chi connectivity index (χ4n) is 1.79. The summed E-state index contributed by atoms with van der Waals surface area (Å²) in [5, 5.41) is 15.8. The molecule has 0 fully saturated rings. The molecule has 0 saturated heterocycles. The van der Waals surface area contributed by atoms with Crippen molar-refractivity contribution in [2.45, 2.75) is 0 Å². The van der Waals surface area contributed by atoms with E-state index in [0.717, 1.165) is 0 Å². The van der Waals surface area contributed by atoms with Gasteiger partial charge in [0.05, 0.1) is 10.5 Å². The molecule has 2 amide bonds. The summed E-state index contributed by atoms with van der Waals surface area (Å²) in [5.74, 6) is -0.641. The van der Waals surface area contributed by atoms with Gasteiger partial charge in [0.2, 0.25) is 0 Å². The number of rotatable bonds is 6. The van der Waals surface area contributed by atoms with Crippen molar-refractivity contribution < 1.29 is 14.5 Å². The molecule has 118 valence electrons. The molecule has 2 rings (SSSR count). The van der Waals surface area contributed by atoms with Crippen LogP contribution in [0.25, 0.3) is 0 Å². The topological polar surface area (TPSA) is 114 Å². The summed E-state index contributed by atoms with van der Waals surface area (Å²) in [6.07, 6.45) is 3.02. The molecule has 0 spiro atoms. The Morgan fingerprint density at radius 3 is 2.13 bits per heavy atom. The summed E-state index contributed by atoms with van der Waals surface area (Å²) >= 11 is 0. The van der Waals surface area contributed by atoms with E-state index in [2.05, 4.69) is 15.6 Å². The Bertz CT molecular complexity index is 701. The molecule has 8 nitrogen and oxygen atoms in total. The number of carbonyl (C=O) groups excluding carboxylic acids is 2. The number of nitrogens with zero attached hydrogens (tertiary/aromatic N) is 2. The van der Waals surface area contributed by atoms with Gasteiger partial charge >= 0.3 is 0 Å². The Labute approximate surface area is 131 Å². The van der Waals surface area contributed by atoms with Crippen molar-refractivity contribution >= 4 is 17.5 Å². The monoisotopic (exact) mass is 314 g/mol. The van der Waals surface area contributed by atoms with Gasteiger partial charge < -0.3 is 10.6 Å². The lowest BCUT2D eigenvalue weighted by atomic mass is 10.2. The van der Waals surface area contributed by atoms with Crippen molar-refractivity contribution in [3.63, 3.8) is 0 Å². The molecule has 2 N–H and O–H groups in total. The Morgan fingerprint density at radius 1 is 1.00 bits per heavy atom. The zero-order chi connectivity index (χ0) is 16.7. The van der Waals surface area contributed by atoms with Crippen LogP contribution in [0.1, 0.15) is 20.7 Å². The van der Waals surface area contributed by atoms with E-state index in [1.807, 2.05) is 0 Å². The second-order valence-corrected chi connectivity index (χ2v) is 4.56. The number of benzene rings is 1. The van der Waals surface area contributed by atoms with Crippen molar-refractivity contribution in [1.29, 1.82) is 0 Å². The van der Waals surface area contributed by atoms with E-state index in [4.69, 9.17) is 0 Å². The number of pyridine rings is 1. The normalized spacial score (nSPS) is 9.91. The van der Waals surface area contributed by atoms with Gasteiger partial charge in [-0.2, -0.15) is 0 Å². The minimum absolute atomic E-state index is 0.0784. The Morgan fingerprint density at radius 2 is 1.61 bits per heavy atom. The van der Waals surface area contributed by atoms with Crippen LogP contribution in [0.5, 0.6) is 0 Å². The van der Waals surface area contributed by atoms with Crippen LogP contribution < -0.4 is 10.6 Å². The van der Waals surface area contributed by atoms with Crippen molar-refractivity contribution in [2.75, 3.05) is 13.1 Å². The molecule has 1 aromatic heterocycles. The molecule has 1 heterocycles. The summed E-state index contributed by atoms with van der Waals surface area (Å²) in [6.45, 7) is 0.494. The predicted octanol–water partition coefficient (Wildman–Crippen LogP) is 1.15. The molecular formula is C15H14N4O4. The average molecular weight is 314 g/mol. The van der Waals surface area contributed by atoms with E-state index in [-0.39, 0.29) is 30.6 Å². The average Bonchev–Trinajstić information content (AvgIpc) is 2.59. The highest BCUT2D eigenvalue weighted by Gasteiger charge is 2.09. The standard InChI is InChI=1S/C15H14N4O4/c20-14(11-3-5-13(6-4-11)19(22)23)17-8-9-18-15(21)12-2-1-7-16-10-12/h1-7,10H,8-9H2,(H,17,20)(H,18,21). The van der Waals surface area contributed by atoms with Crippen molar-refractivity contribution in [2.24, 2.45) is 0 Å². The van der Waals surface area contributed by atoms with Gasteiger partial charge in [-0.05, 0) is 24.3 Å². The van der Waals surface area contributed by atoms with E-state index >= 15 is 0 Å². The number of nitro groups is 1. The predicted molar refractivity (Wildman–Crippen MR) is 82.0 cm³/mol. The zero-order valence-electron chi connectivity index (χ0n) is 12.1. The Kier molecular flexibility index (Phi) is 5.35. The quantitative estimate of drug-likeness (QED) is 0.471. The van der Waals surface area contributed by atoms with E-state index in [1.165, 1.54) is 30.5 Å². The lowest BCUT2D eigenvalue weighted by molar-refractivity contribution is -0.384. The smallest absolute Gasteiger partial charge is 0.269 e. The third kappa shape index (κ3) is 4.60. The van der Waals surface area contributed by atoms with Gasteiger partial charge in [0.1, 0.15) is 0 Å². The summed E-state index contributed by atoms with van der Waals surface area (Å²) in [4.78, 5) is 37.4.